The lowest BCUT2D eigenvalue weighted by Gasteiger charge is -2.04. The molecule has 1 amide bonds. The second-order valence-corrected chi connectivity index (χ2v) is 3.50. The van der Waals surface area contributed by atoms with Gasteiger partial charge in [0.15, 0.2) is 0 Å². The molecule has 0 unspecified atom stereocenters. The normalized spacial score (nSPS) is 10.6. The monoisotopic (exact) mass is 236 g/mol. The summed E-state index contributed by atoms with van der Waals surface area (Å²) in [5.41, 5.74) is 11.5. The van der Waals surface area contributed by atoms with Gasteiger partial charge in [0, 0.05) is 26.2 Å². The zero-order valence-corrected chi connectivity index (χ0v) is 9.60. The molecule has 0 aliphatic rings. The molecule has 1 heterocycles. The molecular formula is C10H16N6O. The van der Waals surface area contributed by atoms with Gasteiger partial charge in [0.05, 0.1) is 17.9 Å². The molecule has 0 atom stereocenters. The van der Waals surface area contributed by atoms with Gasteiger partial charge in [-0.25, -0.2) is 4.99 Å². The molecule has 0 aromatic carbocycles. The summed E-state index contributed by atoms with van der Waals surface area (Å²) in [6.45, 7) is 0.342. The van der Waals surface area contributed by atoms with Gasteiger partial charge in [0.2, 0.25) is 0 Å². The Labute approximate surface area is 99.0 Å². The van der Waals surface area contributed by atoms with Gasteiger partial charge >= 0.3 is 0 Å². The van der Waals surface area contributed by atoms with Crippen LogP contribution in [0.4, 0.5) is 5.69 Å². The number of nitrogens with two attached hydrogens (primary N) is 2. The molecule has 7 nitrogen and oxygen atoms in total. The highest BCUT2D eigenvalue weighted by atomic mass is 16.1. The number of amides is 1. The first-order chi connectivity index (χ1) is 8.04. The number of nitrogens with one attached hydrogen (secondary N) is 2. The molecule has 7 heteroatoms. The number of hydrogen-bond donors (Lipinski definition) is 4. The Morgan fingerprint density at radius 2 is 2.41 bits per heavy atom. The molecule has 0 saturated heterocycles. The number of aryl methyl sites for hydroxylation is 1. The molecule has 17 heavy (non-hydrogen) atoms. The van der Waals surface area contributed by atoms with Crippen LogP contribution in [-0.4, -0.2) is 29.2 Å². The van der Waals surface area contributed by atoms with Crippen molar-refractivity contribution in [1.82, 2.24) is 9.88 Å². The minimum atomic E-state index is -0.229. The quantitative estimate of drug-likeness (QED) is 0.414. The van der Waals surface area contributed by atoms with Crippen LogP contribution in [-0.2, 0) is 7.05 Å². The smallest absolute Gasteiger partial charge is 0.267 e. The summed E-state index contributed by atoms with van der Waals surface area (Å²) in [7, 11) is 1.75. The van der Waals surface area contributed by atoms with E-state index in [0.29, 0.717) is 24.3 Å². The Hall–Kier alpha value is -2.31. The van der Waals surface area contributed by atoms with E-state index in [1.807, 2.05) is 0 Å². The van der Waals surface area contributed by atoms with E-state index in [0.717, 1.165) is 0 Å². The van der Waals surface area contributed by atoms with Crippen molar-refractivity contribution in [2.45, 2.75) is 6.42 Å². The number of amidine groups is 1. The molecule has 0 spiro atoms. The van der Waals surface area contributed by atoms with Crippen molar-refractivity contribution >= 4 is 23.8 Å². The fourth-order valence-electron chi connectivity index (χ4n) is 1.33. The number of rotatable bonds is 5. The van der Waals surface area contributed by atoms with Gasteiger partial charge in [0.1, 0.15) is 5.69 Å². The molecule has 0 aliphatic heterocycles. The molecular weight excluding hydrogens is 220 g/mol. The summed E-state index contributed by atoms with van der Waals surface area (Å²) in [5.74, 6) is -0.183. The molecule has 1 aromatic heterocycles. The van der Waals surface area contributed by atoms with E-state index in [1.165, 1.54) is 6.34 Å². The van der Waals surface area contributed by atoms with Gasteiger partial charge in [-0.1, -0.05) is 0 Å². The predicted molar refractivity (Wildman–Crippen MR) is 66.6 cm³/mol. The summed E-state index contributed by atoms with van der Waals surface area (Å²) in [6, 6.07) is 1.63. The number of aromatic nitrogens is 1. The third kappa shape index (κ3) is 3.63. The second kappa shape index (κ2) is 5.69. The maximum absolute atomic E-state index is 11.7. The average molecular weight is 236 g/mol. The number of carbonyl (C=O) groups excluding carboxylic acids is 1. The van der Waals surface area contributed by atoms with Crippen molar-refractivity contribution in [2.75, 3.05) is 6.54 Å². The highest BCUT2D eigenvalue weighted by molar-refractivity contribution is 5.94. The van der Waals surface area contributed by atoms with Crippen molar-refractivity contribution in [2.24, 2.45) is 23.5 Å². The summed E-state index contributed by atoms with van der Waals surface area (Å²) in [5, 5.41) is 9.70. The van der Waals surface area contributed by atoms with Crippen LogP contribution in [0.2, 0.25) is 0 Å². The SMILES string of the molecule is Cn1cc(N=CN)cc1C(=O)NCCC(=N)N. The largest absolute Gasteiger partial charge is 0.390 e. The van der Waals surface area contributed by atoms with Crippen LogP contribution in [0.1, 0.15) is 16.9 Å². The first kappa shape index (κ1) is 12.8. The third-order valence-electron chi connectivity index (χ3n) is 2.13. The van der Waals surface area contributed by atoms with Gasteiger partial charge in [0.25, 0.3) is 5.91 Å². The predicted octanol–water partition coefficient (Wildman–Crippen LogP) is -0.301. The van der Waals surface area contributed by atoms with E-state index in [4.69, 9.17) is 16.9 Å². The van der Waals surface area contributed by atoms with Crippen LogP contribution in [0.15, 0.2) is 17.3 Å². The third-order valence-corrected chi connectivity index (χ3v) is 2.13. The lowest BCUT2D eigenvalue weighted by molar-refractivity contribution is 0.0946. The molecule has 1 aromatic rings. The van der Waals surface area contributed by atoms with Crippen LogP contribution in [0.25, 0.3) is 0 Å². The van der Waals surface area contributed by atoms with Gasteiger partial charge in [-0.15, -0.1) is 0 Å². The first-order valence-electron chi connectivity index (χ1n) is 5.06. The standard InChI is InChI=1S/C10H16N6O/c1-16-5-7(15-6-11)4-8(16)10(17)14-3-2-9(12)13/h4-6H,2-3H2,1H3,(H2,11,15)(H3,12,13)(H,14,17). The summed E-state index contributed by atoms with van der Waals surface area (Å²) < 4.78 is 1.66. The summed E-state index contributed by atoms with van der Waals surface area (Å²) in [6.07, 6.45) is 3.21. The Bertz CT molecular complexity index is 448. The molecule has 0 fully saturated rings. The van der Waals surface area contributed by atoms with Gasteiger partial charge in [-0.05, 0) is 6.07 Å². The van der Waals surface area contributed by atoms with Crippen molar-refractivity contribution < 1.29 is 4.79 Å². The summed E-state index contributed by atoms with van der Waals surface area (Å²) >= 11 is 0. The average Bonchev–Trinajstić information content (AvgIpc) is 2.59. The Morgan fingerprint density at radius 1 is 1.71 bits per heavy atom. The molecule has 6 N–H and O–H groups in total. The van der Waals surface area contributed by atoms with Crippen LogP contribution in [0.5, 0.6) is 0 Å². The number of hydrogen-bond acceptors (Lipinski definition) is 3. The van der Waals surface area contributed by atoms with E-state index in [1.54, 1.807) is 23.9 Å². The van der Waals surface area contributed by atoms with Gasteiger partial charge in [-0.3, -0.25) is 10.2 Å². The van der Waals surface area contributed by atoms with Crippen molar-refractivity contribution in [3.05, 3.63) is 18.0 Å². The minimum Gasteiger partial charge on any atom is -0.390 e. The summed E-state index contributed by atoms with van der Waals surface area (Å²) in [4.78, 5) is 15.6. The second-order valence-electron chi connectivity index (χ2n) is 3.50. The van der Waals surface area contributed by atoms with Crippen molar-refractivity contribution in [1.29, 1.82) is 5.41 Å². The highest BCUT2D eigenvalue weighted by Crippen LogP contribution is 2.15. The van der Waals surface area contributed by atoms with Crippen LogP contribution in [0.3, 0.4) is 0 Å². The highest BCUT2D eigenvalue weighted by Gasteiger charge is 2.10. The minimum absolute atomic E-state index is 0.0469. The van der Waals surface area contributed by atoms with Crippen molar-refractivity contribution in [3.63, 3.8) is 0 Å². The Morgan fingerprint density at radius 3 is 3.00 bits per heavy atom. The number of carbonyl (C=O) groups is 1. The molecule has 1 rings (SSSR count). The van der Waals surface area contributed by atoms with Crippen LogP contribution < -0.4 is 16.8 Å². The fraction of sp³-hybridized carbons (Fsp3) is 0.300. The maximum atomic E-state index is 11.7. The molecule has 92 valence electrons. The van der Waals surface area contributed by atoms with E-state index < -0.39 is 0 Å². The van der Waals surface area contributed by atoms with Gasteiger partial charge < -0.3 is 21.4 Å². The fourth-order valence-corrected chi connectivity index (χ4v) is 1.33. The van der Waals surface area contributed by atoms with E-state index in [9.17, 15) is 4.79 Å². The number of nitrogens with zero attached hydrogens (tertiary/aromatic N) is 2. The van der Waals surface area contributed by atoms with E-state index in [2.05, 4.69) is 10.3 Å². The lowest BCUT2D eigenvalue weighted by atomic mass is 10.3. The molecule has 0 aliphatic carbocycles. The van der Waals surface area contributed by atoms with E-state index >= 15 is 0 Å². The zero-order chi connectivity index (χ0) is 12.8. The van der Waals surface area contributed by atoms with Crippen LogP contribution in [0, 0.1) is 5.41 Å². The number of aliphatic imine (C=N–C) groups is 1. The lowest BCUT2D eigenvalue weighted by Crippen LogP contribution is -2.28. The van der Waals surface area contributed by atoms with Gasteiger partial charge in [-0.2, -0.15) is 0 Å². The molecule has 0 saturated carbocycles. The topological polar surface area (TPSA) is 122 Å². The first-order valence-corrected chi connectivity index (χ1v) is 5.06. The Balaban J connectivity index is 2.65. The van der Waals surface area contributed by atoms with Crippen molar-refractivity contribution in [3.8, 4) is 0 Å². The molecule has 0 radical (unpaired) electrons. The van der Waals surface area contributed by atoms with E-state index in [-0.39, 0.29) is 11.7 Å². The molecule has 0 bridgehead atoms. The van der Waals surface area contributed by atoms with Crippen LogP contribution >= 0.6 is 0 Å². The maximum Gasteiger partial charge on any atom is 0.267 e. The zero-order valence-electron chi connectivity index (χ0n) is 9.60. The Kier molecular flexibility index (Phi) is 4.27.